The molecule has 1 aliphatic heterocycles. The highest BCUT2D eigenvalue weighted by Gasteiger charge is 2.59. The minimum Gasteiger partial charge on any atom is -0.394 e. The fraction of sp³-hybridized carbons (Fsp3) is 1.00. The number of ether oxygens (including phenoxy) is 1. The molecule has 1 saturated heterocycles. The van der Waals surface area contributed by atoms with Crippen molar-refractivity contribution in [3.63, 3.8) is 0 Å². The summed E-state index contributed by atoms with van der Waals surface area (Å²) in [6.45, 7) is 1.19. The van der Waals surface area contributed by atoms with E-state index in [0.717, 1.165) is 0 Å². The molecular weight excluding hydrogens is 284 g/mol. The average Bonchev–Trinajstić information content (AvgIpc) is 2.22. The second-order valence-electron chi connectivity index (χ2n) is 4.01. The standard InChI is InChI=1S/C9H17BrO6/c1-2-3-8(14)7(13)9(10,15)6(12)5(4-11)16-8/h5-7,11-15H,2-4H2,1H3/t5-,6+,7+,8?,9+/m1/s1. The number of rotatable bonds is 3. The molecule has 0 amide bonds. The van der Waals surface area contributed by atoms with Gasteiger partial charge in [0.25, 0.3) is 0 Å². The zero-order chi connectivity index (χ0) is 12.6. The number of alkyl halides is 1. The minimum absolute atomic E-state index is 0.0747. The predicted octanol–water partition coefficient (Wildman–Crippen LogP) is -1.33. The van der Waals surface area contributed by atoms with Gasteiger partial charge in [-0.3, -0.25) is 0 Å². The Morgan fingerprint density at radius 3 is 2.31 bits per heavy atom. The second kappa shape index (κ2) is 4.85. The lowest BCUT2D eigenvalue weighted by atomic mass is 9.90. The van der Waals surface area contributed by atoms with E-state index in [1.165, 1.54) is 0 Å². The van der Waals surface area contributed by atoms with Crippen LogP contribution in [-0.2, 0) is 4.74 Å². The molecule has 0 aliphatic carbocycles. The van der Waals surface area contributed by atoms with Gasteiger partial charge in [-0.2, -0.15) is 0 Å². The molecule has 1 heterocycles. The van der Waals surface area contributed by atoms with Crippen molar-refractivity contribution in [2.24, 2.45) is 0 Å². The number of hydrogen-bond donors (Lipinski definition) is 5. The van der Waals surface area contributed by atoms with Crippen molar-refractivity contribution in [2.75, 3.05) is 6.61 Å². The lowest BCUT2D eigenvalue weighted by molar-refractivity contribution is -0.357. The number of halogens is 1. The van der Waals surface area contributed by atoms with E-state index in [0.29, 0.717) is 6.42 Å². The van der Waals surface area contributed by atoms with Gasteiger partial charge in [0.05, 0.1) is 6.61 Å². The molecule has 1 aliphatic rings. The van der Waals surface area contributed by atoms with Crippen LogP contribution in [0.15, 0.2) is 0 Å². The van der Waals surface area contributed by atoms with Crippen LogP contribution in [0.5, 0.6) is 0 Å². The van der Waals surface area contributed by atoms with Gasteiger partial charge in [-0.15, -0.1) is 0 Å². The summed E-state index contributed by atoms with van der Waals surface area (Å²) in [7, 11) is 0. The molecule has 1 fully saturated rings. The van der Waals surface area contributed by atoms with Crippen LogP contribution in [0.1, 0.15) is 19.8 Å². The molecule has 5 atom stereocenters. The number of aliphatic hydroxyl groups is 5. The van der Waals surface area contributed by atoms with Gasteiger partial charge in [0, 0.05) is 6.42 Å². The Bertz CT molecular complexity index is 248. The third-order valence-electron chi connectivity index (χ3n) is 2.72. The zero-order valence-electron chi connectivity index (χ0n) is 8.88. The van der Waals surface area contributed by atoms with E-state index < -0.39 is 35.2 Å². The zero-order valence-corrected chi connectivity index (χ0v) is 10.5. The number of hydrogen-bond acceptors (Lipinski definition) is 6. The number of aliphatic hydroxyl groups excluding tert-OH is 3. The molecule has 0 aromatic rings. The maximum atomic E-state index is 10.0. The largest absolute Gasteiger partial charge is 0.394 e. The summed E-state index contributed by atoms with van der Waals surface area (Å²) in [5.41, 5.74) is 0. The van der Waals surface area contributed by atoms with Crippen LogP contribution in [0, 0.1) is 0 Å². The van der Waals surface area contributed by atoms with Crippen LogP contribution >= 0.6 is 15.9 Å². The Kier molecular flexibility index (Phi) is 4.34. The molecule has 1 unspecified atom stereocenters. The van der Waals surface area contributed by atoms with Gasteiger partial charge in [0.2, 0.25) is 0 Å². The van der Waals surface area contributed by atoms with Crippen molar-refractivity contribution in [1.29, 1.82) is 0 Å². The highest BCUT2D eigenvalue weighted by atomic mass is 79.9. The molecule has 5 N–H and O–H groups in total. The van der Waals surface area contributed by atoms with Crippen molar-refractivity contribution in [3.8, 4) is 0 Å². The van der Waals surface area contributed by atoms with Crippen molar-refractivity contribution in [3.05, 3.63) is 0 Å². The summed E-state index contributed by atoms with van der Waals surface area (Å²) in [4.78, 5) is 0. The van der Waals surface area contributed by atoms with E-state index in [9.17, 15) is 20.4 Å². The van der Waals surface area contributed by atoms with E-state index in [2.05, 4.69) is 15.9 Å². The second-order valence-corrected chi connectivity index (χ2v) is 5.28. The van der Waals surface area contributed by atoms with E-state index >= 15 is 0 Å². The van der Waals surface area contributed by atoms with Crippen molar-refractivity contribution in [2.45, 2.75) is 48.4 Å². The molecular formula is C9H17BrO6. The Hall–Kier alpha value is 0.240. The van der Waals surface area contributed by atoms with Gasteiger partial charge < -0.3 is 30.3 Å². The SMILES string of the molecule is CCCC1(O)O[C@H](CO)[C@H](O)[C@@](O)(Br)[C@H]1O. The summed E-state index contributed by atoms with van der Waals surface area (Å²) in [5.74, 6) is -1.99. The van der Waals surface area contributed by atoms with E-state index in [1.54, 1.807) is 6.92 Å². The molecule has 0 spiro atoms. The first-order valence-corrected chi connectivity index (χ1v) is 5.87. The lowest BCUT2D eigenvalue weighted by Gasteiger charge is -2.49. The highest BCUT2D eigenvalue weighted by Crippen LogP contribution is 2.40. The normalized spacial score (nSPS) is 49.3. The molecule has 16 heavy (non-hydrogen) atoms. The molecule has 7 heteroatoms. The maximum Gasteiger partial charge on any atom is 0.196 e. The van der Waals surface area contributed by atoms with Gasteiger partial charge >= 0.3 is 0 Å². The topological polar surface area (TPSA) is 110 Å². The molecule has 0 bridgehead atoms. The van der Waals surface area contributed by atoms with Gasteiger partial charge in [0.15, 0.2) is 10.3 Å². The molecule has 96 valence electrons. The lowest BCUT2D eigenvalue weighted by Crippen LogP contribution is -2.69. The summed E-state index contributed by atoms with van der Waals surface area (Å²) in [6.07, 6.45) is -3.83. The third-order valence-corrected chi connectivity index (χ3v) is 3.62. The Morgan fingerprint density at radius 2 is 1.88 bits per heavy atom. The van der Waals surface area contributed by atoms with Crippen molar-refractivity contribution in [1.82, 2.24) is 0 Å². The summed E-state index contributed by atoms with van der Waals surface area (Å²) < 4.78 is 2.93. The Labute approximate surface area is 102 Å². The Morgan fingerprint density at radius 1 is 1.31 bits per heavy atom. The molecule has 1 rings (SSSR count). The van der Waals surface area contributed by atoms with Crippen molar-refractivity contribution < 1.29 is 30.3 Å². The summed E-state index contributed by atoms with van der Waals surface area (Å²) in [6, 6.07) is 0. The third kappa shape index (κ3) is 2.26. The molecule has 6 nitrogen and oxygen atoms in total. The van der Waals surface area contributed by atoms with Gasteiger partial charge in [-0.05, 0) is 15.9 Å². The van der Waals surface area contributed by atoms with Gasteiger partial charge in [0.1, 0.15) is 18.3 Å². The highest BCUT2D eigenvalue weighted by molar-refractivity contribution is 9.10. The molecule has 0 radical (unpaired) electrons. The molecule has 0 aromatic carbocycles. The van der Waals surface area contributed by atoms with Gasteiger partial charge in [-0.25, -0.2) is 0 Å². The summed E-state index contributed by atoms with van der Waals surface area (Å²) >= 11 is 2.75. The van der Waals surface area contributed by atoms with Crippen LogP contribution in [0.4, 0.5) is 0 Å². The van der Waals surface area contributed by atoms with E-state index in [4.69, 9.17) is 9.84 Å². The fourth-order valence-electron chi connectivity index (χ4n) is 1.82. The van der Waals surface area contributed by atoms with Crippen LogP contribution in [-0.4, -0.2) is 60.7 Å². The van der Waals surface area contributed by atoms with E-state index in [1.807, 2.05) is 0 Å². The van der Waals surface area contributed by atoms with Gasteiger partial charge in [-0.1, -0.05) is 13.3 Å². The van der Waals surface area contributed by atoms with Crippen molar-refractivity contribution >= 4 is 15.9 Å². The molecule has 0 saturated carbocycles. The first-order chi connectivity index (χ1) is 7.29. The summed E-state index contributed by atoms with van der Waals surface area (Å²) in [5, 5.41) is 48.2. The fourth-order valence-corrected chi connectivity index (χ4v) is 2.47. The van der Waals surface area contributed by atoms with Crippen LogP contribution < -0.4 is 0 Å². The molecule has 0 aromatic heterocycles. The predicted molar refractivity (Wildman–Crippen MR) is 57.7 cm³/mol. The first kappa shape index (κ1) is 14.3. The van der Waals surface area contributed by atoms with Crippen LogP contribution in [0.25, 0.3) is 0 Å². The quantitative estimate of drug-likeness (QED) is 0.413. The van der Waals surface area contributed by atoms with Crippen LogP contribution in [0.2, 0.25) is 0 Å². The monoisotopic (exact) mass is 300 g/mol. The Balaban J connectivity index is 2.98. The maximum absolute atomic E-state index is 10.0. The van der Waals surface area contributed by atoms with Crippen LogP contribution in [0.3, 0.4) is 0 Å². The van der Waals surface area contributed by atoms with E-state index in [-0.39, 0.29) is 6.42 Å². The smallest absolute Gasteiger partial charge is 0.196 e. The minimum atomic E-state index is -2.11. The first-order valence-electron chi connectivity index (χ1n) is 5.08. The average molecular weight is 301 g/mol.